The highest BCUT2D eigenvalue weighted by Crippen LogP contribution is 2.32. The Labute approximate surface area is 174 Å². The smallest absolute Gasteiger partial charge is 0.338 e. The van der Waals surface area contributed by atoms with Gasteiger partial charge in [0.1, 0.15) is 36.0 Å². The molecule has 0 aliphatic rings. The second-order valence-corrected chi connectivity index (χ2v) is 7.22. The van der Waals surface area contributed by atoms with E-state index in [9.17, 15) is 18.7 Å². The number of carbonyl (C=O) groups is 1. The van der Waals surface area contributed by atoms with Gasteiger partial charge in [0.05, 0.1) is 12.1 Å². The van der Waals surface area contributed by atoms with Gasteiger partial charge in [0.15, 0.2) is 0 Å². The first kappa shape index (κ1) is 21.2. The van der Waals surface area contributed by atoms with Crippen LogP contribution in [0.5, 0.6) is 0 Å². The Morgan fingerprint density at radius 1 is 1.24 bits per heavy atom. The maximum absolute atomic E-state index is 14.5. The molecule has 0 bridgehead atoms. The van der Waals surface area contributed by atoms with Crippen molar-refractivity contribution in [3.05, 3.63) is 81.9 Å². The lowest BCUT2D eigenvalue weighted by atomic mass is 9.88. The molecule has 0 saturated carbocycles. The second-order valence-electron chi connectivity index (χ2n) is 6.35. The SMILES string of the molecule is C[C@@H](OC(=O)c1cc(Cl)cc(Cl)c1)[C@](O)(Cn1cncn1)c1ccc(F)cc1F. The van der Waals surface area contributed by atoms with Crippen molar-refractivity contribution in [1.29, 1.82) is 0 Å². The van der Waals surface area contributed by atoms with Gasteiger partial charge < -0.3 is 9.84 Å². The summed E-state index contributed by atoms with van der Waals surface area (Å²) >= 11 is 11.8. The van der Waals surface area contributed by atoms with Crippen LogP contribution >= 0.6 is 23.2 Å². The van der Waals surface area contributed by atoms with Crippen molar-refractivity contribution < 1.29 is 23.4 Å². The predicted octanol–water partition coefficient (Wildman–Crippen LogP) is 4.00. The third-order valence-electron chi connectivity index (χ3n) is 4.32. The van der Waals surface area contributed by atoms with Gasteiger partial charge in [0.25, 0.3) is 0 Å². The lowest BCUT2D eigenvalue weighted by molar-refractivity contribution is -0.0962. The summed E-state index contributed by atoms with van der Waals surface area (Å²) in [7, 11) is 0. The van der Waals surface area contributed by atoms with Gasteiger partial charge >= 0.3 is 5.97 Å². The third kappa shape index (κ3) is 4.72. The molecular weight excluding hydrogens is 427 g/mol. The molecule has 3 rings (SSSR count). The van der Waals surface area contributed by atoms with Crippen molar-refractivity contribution >= 4 is 29.2 Å². The van der Waals surface area contributed by atoms with E-state index in [-0.39, 0.29) is 27.7 Å². The average molecular weight is 442 g/mol. The summed E-state index contributed by atoms with van der Waals surface area (Å²) in [5, 5.41) is 15.7. The van der Waals surface area contributed by atoms with Crippen LogP contribution in [0.15, 0.2) is 49.1 Å². The van der Waals surface area contributed by atoms with Gasteiger partial charge in [0, 0.05) is 21.7 Å². The molecule has 2 atom stereocenters. The predicted molar refractivity (Wildman–Crippen MR) is 102 cm³/mol. The number of rotatable bonds is 6. The van der Waals surface area contributed by atoms with Crippen molar-refractivity contribution in [2.45, 2.75) is 25.2 Å². The summed E-state index contributed by atoms with van der Waals surface area (Å²) < 4.78 is 34.5. The molecule has 0 amide bonds. The van der Waals surface area contributed by atoms with E-state index in [0.717, 1.165) is 12.1 Å². The lowest BCUT2D eigenvalue weighted by Crippen LogP contribution is -2.45. The number of carbonyl (C=O) groups excluding carboxylic acids is 1. The molecule has 0 saturated heterocycles. The molecular formula is C19H15Cl2F2N3O3. The highest BCUT2D eigenvalue weighted by Gasteiger charge is 2.41. The molecule has 10 heteroatoms. The van der Waals surface area contributed by atoms with Gasteiger partial charge in [0.2, 0.25) is 0 Å². The molecule has 0 fully saturated rings. The maximum atomic E-state index is 14.5. The molecule has 1 aromatic heterocycles. The molecule has 0 unspecified atom stereocenters. The molecule has 29 heavy (non-hydrogen) atoms. The minimum Gasteiger partial charge on any atom is -0.456 e. The highest BCUT2D eigenvalue weighted by molar-refractivity contribution is 6.35. The number of esters is 1. The minimum atomic E-state index is -2.08. The van der Waals surface area contributed by atoms with E-state index in [4.69, 9.17) is 27.9 Å². The molecule has 152 valence electrons. The molecule has 0 radical (unpaired) electrons. The van der Waals surface area contributed by atoms with Crippen LogP contribution in [0.1, 0.15) is 22.8 Å². The van der Waals surface area contributed by atoms with Crippen molar-refractivity contribution in [1.82, 2.24) is 14.8 Å². The van der Waals surface area contributed by atoms with E-state index in [1.165, 1.54) is 42.5 Å². The maximum Gasteiger partial charge on any atom is 0.338 e. The van der Waals surface area contributed by atoms with Crippen molar-refractivity contribution in [2.24, 2.45) is 0 Å². The van der Waals surface area contributed by atoms with E-state index >= 15 is 0 Å². The molecule has 1 N–H and O–H groups in total. The number of ether oxygens (including phenoxy) is 1. The number of aliphatic hydroxyl groups is 1. The van der Waals surface area contributed by atoms with Crippen LogP contribution in [-0.4, -0.2) is 31.9 Å². The van der Waals surface area contributed by atoms with Gasteiger partial charge in [-0.3, -0.25) is 0 Å². The Kier molecular flexibility index (Phi) is 6.16. The monoisotopic (exact) mass is 441 g/mol. The first-order valence-corrected chi connectivity index (χ1v) is 9.12. The summed E-state index contributed by atoms with van der Waals surface area (Å²) in [6, 6.07) is 6.85. The van der Waals surface area contributed by atoms with Crippen LogP contribution in [-0.2, 0) is 16.9 Å². The molecule has 0 spiro atoms. The van der Waals surface area contributed by atoms with Crippen molar-refractivity contribution in [2.75, 3.05) is 0 Å². The van der Waals surface area contributed by atoms with Gasteiger partial charge in [-0.15, -0.1) is 0 Å². The van der Waals surface area contributed by atoms with Crippen LogP contribution in [0.2, 0.25) is 10.0 Å². The zero-order chi connectivity index (χ0) is 21.2. The second kappa shape index (κ2) is 8.44. The zero-order valence-electron chi connectivity index (χ0n) is 15.0. The normalized spacial score (nSPS) is 14.3. The Bertz CT molecular complexity index is 1010. The zero-order valence-corrected chi connectivity index (χ0v) is 16.5. The highest BCUT2D eigenvalue weighted by atomic mass is 35.5. The number of nitrogens with zero attached hydrogens (tertiary/aromatic N) is 3. The fourth-order valence-corrected chi connectivity index (χ4v) is 3.36. The summed E-state index contributed by atoms with van der Waals surface area (Å²) in [5.74, 6) is -2.64. The van der Waals surface area contributed by atoms with Gasteiger partial charge in [-0.25, -0.2) is 23.2 Å². The van der Waals surface area contributed by atoms with Crippen molar-refractivity contribution in [3.8, 4) is 0 Å². The first-order chi connectivity index (χ1) is 13.7. The number of hydrogen-bond donors (Lipinski definition) is 1. The van der Waals surface area contributed by atoms with Crippen LogP contribution < -0.4 is 0 Å². The number of aromatic nitrogens is 3. The lowest BCUT2D eigenvalue weighted by Gasteiger charge is -2.34. The molecule has 0 aliphatic carbocycles. The standard InChI is InChI=1S/C19H15Cl2F2N3O3/c1-11(29-18(27)12-4-13(20)6-14(21)5-12)19(28,8-26-10-24-9-25-26)16-3-2-15(22)7-17(16)23/h2-7,9-11,28H,8H2,1H3/t11-,19-/m1/s1. The third-order valence-corrected chi connectivity index (χ3v) is 4.76. The Morgan fingerprint density at radius 3 is 2.52 bits per heavy atom. The Morgan fingerprint density at radius 2 is 1.93 bits per heavy atom. The van der Waals surface area contributed by atoms with Crippen LogP contribution in [0.25, 0.3) is 0 Å². The largest absolute Gasteiger partial charge is 0.456 e. The van der Waals surface area contributed by atoms with Crippen molar-refractivity contribution in [3.63, 3.8) is 0 Å². The fraction of sp³-hybridized carbons (Fsp3) is 0.211. The molecule has 1 heterocycles. The minimum absolute atomic E-state index is 0.0528. The van der Waals surface area contributed by atoms with Crippen LogP contribution in [0.4, 0.5) is 8.78 Å². The summed E-state index contributed by atoms with van der Waals surface area (Å²) in [6.07, 6.45) is 1.26. The molecule has 3 aromatic rings. The molecule has 6 nitrogen and oxygen atoms in total. The van der Waals surface area contributed by atoms with E-state index in [1.807, 2.05) is 0 Å². The summed E-state index contributed by atoms with van der Waals surface area (Å²) in [5.41, 5.74) is -2.29. The fourth-order valence-electron chi connectivity index (χ4n) is 2.83. The topological polar surface area (TPSA) is 77.2 Å². The van der Waals surface area contributed by atoms with Crippen LogP contribution in [0, 0.1) is 11.6 Å². The van der Waals surface area contributed by atoms with E-state index < -0.39 is 29.3 Å². The van der Waals surface area contributed by atoms with Gasteiger partial charge in [-0.05, 0) is 31.2 Å². The van der Waals surface area contributed by atoms with Gasteiger partial charge in [-0.2, -0.15) is 5.10 Å². The molecule has 2 aromatic carbocycles. The Hall–Kier alpha value is -2.55. The van der Waals surface area contributed by atoms with E-state index in [1.54, 1.807) is 0 Å². The summed E-state index contributed by atoms with van der Waals surface area (Å²) in [6.45, 7) is 1.07. The number of benzene rings is 2. The van der Waals surface area contributed by atoms with E-state index in [2.05, 4.69) is 10.1 Å². The number of hydrogen-bond acceptors (Lipinski definition) is 5. The molecule has 0 aliphatic heterocycles. The Balaban J connectivity index is 1.95. The van der Waals surface area contributed by atoms with Crippen LogP contribution in [0.3, 0.4) is 0 Å². The first-order valence-electron chi connectivity index (χ1n) is 8.36. The quantitative estimate of drug-likeness (QED) is 0.585. The number of halogens is 4. The average Bonchev–Trinajstić information content (AvgIpc) is 3.13. The van der Waals surface area contributed by atoms with E-state index in [0.29, 0.717) is 6.07 Å². The van der Waals surface area contributed by atoms with Gasteiger partial charge in [-0.1, -0.05) is 29.3 Å². The summed E-state index contributed by atoms with van der Waals surface area (Å²) in [4.78, 5) is 16.3.